The van der Waals surface area contributed by atoms with Crippen molar-refractivity contribution in [2.45, 2.75) is 52.4 Å². The van der Waals surface area contributed by atoms with E-state index < -0.39 is 0 Å². The second kappa shape index (κ2) is 4.92. The van der Waals surface area contributed by atoms with E-state index in [-0.39, 0.29) is 11.3 Å². The molecule has 2 heteroatoms. The Hall–Kier alpha value is -0.370. The molecule has 1 fully saturated rings. The molecule has 0 spiro atoms. The summed E-state index contributed by atoms with van der Waals surface area (Å²) in [7, 11) is 0. The van der Waals surface area contributed by atoms with Gasteiger partial charge in [0.15, 0.2) is 0 Å². The van der Waals surface area contributed by atoms with E-state index >= 15 is 0 Å². The average Bonchev–Trinajstić information content (AvgIpc) is 2.69. The van der Waals surface area contributed by atoms with Crippen LogP contribution >= 0.6 is 0 Å². The van der Waals surface area contributed by atoms with Gasteiger partial charge in [-0.1, -0.05) is 26.7 Å². The molecule has 0 aromatic carbocycles. The molecule has 0 saturated heterocycles. The summed E-state index contributed by atoms with van der Waals surface area (Å²) in [6.45, 7) is 4.76. The number of carbonyl (C=O) groups is 1. The van der Waals surface area contributed by atoms with Crippen molar-refractivity contribution in [1.29, 1.82) is 0 Å². The minimum absolute atomic E-state index is 0.142. The third-order valence-corrected chi connectivity index (χ3v) is 3.83. The minimum atomic E-state index is -0.142. The lowest BCUT2D eigenvalue weighted by Gasteiger charge is -2.29. The van der Waals surface area contributed by atoms with Gasteiger partial charge in [0.2, 0.25) is 0 Å². The lowest BCUT2D eigenvalue weighted by atomic mass is 9.75. The van der Waals surface area contributed by atoms with E-state index in [0.717, 1.165) is 25.7 Å². The van der Waals surface area contributed by atoms with Crippen LogP contribution in [0, 0.1) is 11.3 Å². The van der Waals surface area contributed by atoms with Gasteiger partial charge in [-0.25, -0.2) is 0 Å². The summed E-state index contributed by atoms with van der Waals surface area (Å²) in [4.78, 5) is 12.3. The molecule has 0 aliphatic heterocycles. The summed E-state index contributed by atoms with van der Waals surface area (Å²) >= 11 is 0. The van der Waals surface area contributed by atoms with Crippen molar-refractivity contribution in [2.75, 3.05) is 6.54 Å². The van der Waals surface area contributed by atoms with Gasteiger partial charge in [-0.15, -0.1) is 0 Å². The lowest BCUT2D eigenvalue weighted by molar-refractivity contribution is -0.132. The molecule has 0 heterocycles. The van der Waals surface area contributed by atoms with E-state index in [9.17, 15) is 4.79 Å². The van der Waals surface area contributed by atoms with E-state index in [2.05, 4.69) is 13.8 Å². The third kappa shape index (κ3) is 2.00. The van der Waals surface area contributed by atoms with Gasteiger partial charge in [0.25, 0.3) is 0 Å². The van der Waals surface area contributed by atoms with Crippen molar-refractivity contribution < 1.29 is 4.79 Å². The maximum absolute atomic E-state index is 12.3. The molecule has 1 aliphatic carbocycles. The fourth-order valence-electron chi connectivity index (χ4n) is 2.70. The number of ketones is 1. The largest absolute Gasteiger partial charge is 0.329 e. The maximum atomic E-state index is 12.3. The van der Waals surface area contributed by atoms with Crippen LogP contribution in [0.4, 0.5) is 0 Å². The highest BCUT2D eigenvalue weighted by Gasteiger charge is 2.41. The Kier molecular flexibility index (Phi) is 4.11. The number of rotatable bonds is 5. The van der Waals surface area contributed by atoms with Crippen molar-refractivity contribution in [3.63, 3.8) is 0 Å². The van der Waals surface area contributed by atoms with E-state index in [1.165, 1.54) is 12.8 Å². The van der Waals surface area contributed by atoms with Crippen LogP contribution in [0.25, 0.3) is 0 Å². The Labute approximate surface area is 87.2 Å². The van der Waals surface area contributed by atoms with Crippen LogP contribution < -0.4 is 5.73 Å². The van der Waals surface area contributed by atoms with Crippen molar-refractivity contribution in [1.82, 2.24) is 0 Å². The lowest BCUT2D eigenvalue weighted by Crippen LogP contribution is -2.39. The van der Waals surface area contributed by atoms with Crippen LogP contribution in [0.5, 0.6) is 0 Å². The Morgan fingerprint density at radius 3 is 2.14 bits per heavy atom. The quantitative estimate of drug-likeness (QED) is 0.736. The van der Waals surface area contributed by atoms with Gasteiger partial charge in [-0.05, 0) is 25.7 Å². The predicted molar refractivity (Wildman–Crippen MR) is 59.0 cm³/mol. The fourth-order valence-corrected chi connectivity index (χ4v) is 2.70. The van der Waals surface area contributed by atoms with Crippen LogP contribution in [0.15, 0.2) is 0 Å². The van der Waals surface area contributed by atoms with Gasteiger partial charge in [0.1, 0.15) is 5.78 Å². The van der Waals surface area contributed by atoms with E-state index in [1.807, 2.05) is 0 Å². The normalized spacial score (nSPS) is 20.3. The van der Waals surface area contributed by atoms with E-state index in [0.29, 0.717) is 12.3 Å². The first-order valence-corrected chi connectivity index (χ1v) is 5.94. The number of Topliss-reactive ketones (excluding diaryl/α,β-unsaturated/α-hetero) is 1. The van der Waals surface area contributed by atoms with Gasteiger partial charge in [-0.3, -0.25) is 4.79 Å². The van der Waals surface area contributed by atoms with Crippen LogP contribution in [0.2, 0.25) is 0 Å². The van der Waals surface area contributed by atoms with E-state index in [1.54, 1.807) is 0 Å². The second-order valence-corrected chi connectivity index (χ2v) is 4.57. The molecule has 0 bridgehead atoms. The summed E-state index contributed by atoms with van der Waals surface area (Å²) in [6.07, 6.45) is 6.36. The molecule has 0 aromatic rings. The Morgan fingerprint density at radius 2 is 1.79 bits per heavy atom. The summed E-state index contributed by atoms with van der Waals surface area (Å²) in [5.74, 6) is 0.694. The minimum Gasteiger partial charge on any atom is -0.329 e. The topological polar surface area (TPSA) is 43.1 Å². The first-order chi connectivity index (χ1) is 6.70. The molecular weight excluding hydrogens is 174 g/mol. The molecular formula is C12H23NO. The molecule has 14 heavy (non-hydrogen) atoms. The smallest absolute Gasteiger partial charge is 0.143 e. The molecule has 0 unspecified atom stereocenters. The molecule has 1 rings (SSSR count). The molecule has 0 amide bonds. The standard InChI is InChI=1S/C12H23NO/c1-3-10(4-2)11(14)12(9-13)7-5-6-8-12/h10H,3-9,13H2,1-2H3. The summed E-state index contributed by atoms with van der Waals surface area (Å²) < 4.78 is 0. The molecule has 2 N–H and O–H groups in total. The maximum Gasteiger partial charge on any atom is 0.143 e. The van der Waals surface area contributed by atoms with Gasteiger partial charge in [0, 0.05) is 17.9 Å². The molecule has 2 nitrogen and oxygen atoms in total. The highest BCUT2D eigenvalue weighted by Crippen LogP contribution is 2.40. The van der Waals surface area contributed by atoms with Gasteiger partial charge in [-0.2, -0.15) is 0 Å². The number of carbonyl (C=O) groups excluding carboxylic acids is 1. The SMILES string of the molecule is CCC(CC)C(=O)C1(CN)CCCC1. The predicted octanol–water partition coefficient (Wildman–Crippen LogP) is 2.51. The van der Waals surface area contributed by atoms with Gasteiger partial charge < -0.3 is 5.73 Å². The first-order valence-electron chi connectivity index (χ1n) is 5.94. The van der Waals surface area contributed by atoms with Crippen LogP contribution in [0.3, 0.4) is 0 Å². The third-order valence-electron chi connectivity index (χ3n) is 3.83. The van der Waals surface area contributed by atoms with Crippen LogP contribution in [-0.2, 0) is 4.79 Å². The molecule has 0 aromatic heterocycles. The van der Waals surface area contributed by atoms with Crippen molar-refractivity contribution in [2.24, 2.45) is 17.1 Å². The summed E-state index contributed by atoms with van der Waals surface area (Å²) in [5, 5.41) is 0. The summed E-state index contributed by atoms with van der Waals surface area (Å²) in [6, 6.07) is 0. The van der Waals surface area contributed by atoms with Crippen molar-refractivity contribution >= 4 is 5.78 Å². The fraction of sp³-hybridized carbons (Fsp3) is 0.917. The molecule has 82 valence electrons. The Balaban J connectivity index is 2.73. The molecule has 0 radical (unpaired) electrons. The van der Waals surface area contributed by atoms with Crippen LogP contribution in [-0.4, -0.2) is 12.3 Å². The number of nitrogens with two attached hydrogens (primary N) is 1. The zero-order valence-corrected chi connectivity index (χ0v) is 9.51. The Bertz CT molecular complexity index is 190. The molecule has 1 saturated carbocycles. The number of hydrogen-bond donors (Lipinski definition) is 1. The molecule has 0 atom stereocenters. The Morgan fingerprint density at radius 1 is 1.29 bits per heavy atom. The average molecular weight is 197 g/mol. The van der Waals surface area contributed by atoms with Crippen molar-refractivity contribution in [3.8, 4) is 0 Å². The van der Waals surface area contributed by atoms with E-state index in [4.69, 9.17) is 5.73 Å². The highest BCUT2D eigenvalue weighted by atomic mass is 16.1. The zero-order valence-electron chi connectivity index (χ0n) is 9.51. The molecule has 1 aliphatic rings. The van der Waals surface area contributed by atoms with Crippen molar-refractivity contribution in [3.05, 3.63) is 0 Å². The summed E-state index contributed by atoms with van der Waals surface area (Å²) in [5.41, 5.74) is 5.65. The van der Waals surface area contributed by atoms with Crippen LogP contribution in [0.1, 0.15) is 52.4 Å². The first kappa shape index (κ1) is 11.7. The zero-order chi connectivity index (χ0) is 10.6. The number of hydrogen-bond acceptors (Lipinski definition) is 2. The monoisotopic (exact) mass is 197 g/mol. The highest BCUT2D eigenvalue weighted by molar-refractivity contribution is 5.87. The second-order valence-electron chi connectivity index (χ2n) is 4.57. The van der Waals surface area contributed by atoms with Gasteiger partial charge in [0.05, 0.1) is 0 Å². The van der Waals surface area contributed by atoms with Gasteiger partial charge >= 0.3 is 0 Å².